The van der Waals surface area contributed by atoms with Crippen LogP contribution in [0.25, 0.3) is 0 Å². The minimum Gasteiger partial charge on any atom is -0.307 e. The molecule has 0 saturated carbocycles. The Bertz CT molecular complexity index is 474. The lowest BCUT2D eigenvalue weighted by Gasteiger charge is -2.42. The summed E-state index contributed by atoms with van der Waals surface area (Å²) in [5, 5.41) is 3.10. The fraction of sp³-hybridized carbons (Fsp3) is 0.833. The van der Waals surface area contributed by atoms with Crippen molar-refractivity contribution in [2.45, 2.75) is 117 Å². The lowest BCUT2D eigenvalue weighted by Crippen LogP contribution is -2.63. The molecule has 28 heavy (non-hydrogen) atoms. The highest BCUT2D eigenvalue weighted by Crippen LogP contribution is 2.27. The standard InChI is InChI=1S/C24H45N3O/c1-5-7-8-9-10-11-12-13-14-15-16-17-18-19-24-25-20-21-27(24,6-2)22(3)26-23(4)28/h11-12,20,22,24H,5-10,13-19,21H2,1-4H3/p+1/b12-11+. The van der Waals surface area contributed by atoms with Gasteiger partial charge in [-0.25, -0.2) is 4.99 Å². The van der Waals surface area contributed by atoms with E-state index in [0.717, 1.165) is 24.0 Å². The molecule has 0 radical (unpaired) electrons. The summed E-state index contributed by atoms with van der Waals surface area (Å²) in [6, 6.07) is 0. The van der Waals surface area contributed by atoms with Crippen molar-refractivity contribution in [3.05, 3.63) is 12.2 Å². The topological polar surface area (TPSA) is 41.5 Å². The van der Waals surface area contributed by atoms with E-state index in [1.165, 1.54) is 70.6 Å². The van der Waals surface area contributed by atoms with Crippen LogP contribution in [0.4, 0.5) is 0 Å². The number of quaternary nitrogens is 1. The molecule has 3 unspecified atom stereocenters. The number of amides is 1. The zero-order chi connectivity index (χ0) is 20.7. The number of hydrogen-bond donors (Lipinski definition) is 1. The summed E-state index contributed by atoms with van der Waals surface area (Å²) < 4.78 is 0.878. The van der Waals surface area contributed by atoms with Crippen LogP contribution in [0.15, 0.2) is 17.1 Å². The van der Waals surface area contributed by atoms with Crippen molar-refractivity contribution in [2.75, 3.05) is 13.1 Å². The summed E-state index contributed by atoms with van der Waals surface area (Å²) in [7, 11) is 0. The zero-order valence-corrected chi connectivity index (χ0v) is 19.1. The molecule has 1 aliphatic heterocycles. The summed E-state index contributed by atoms with van der Waals surface area (Å²) in [6.07, 6.45) is 22.9. The van der Waals surface area contributed by atoms with Gasteiger partial charge in [-0.3, -0.25) is 9.28 Å². The van der Waals surface area contributed by atoms with E-state index in [9.17, 15) is 4.79 Å². The average molecular weight is 393 g/mol. The molecule has 4 heteroatoms. The Kier molecular flexibility index (Phi) is 13.1. The van der Waals surface area contributed by atoms with Crippen molar-refractivity contribution < 1.29 is 9.28 Å². The van der Waals surface area contributed by atoms with Gasteiger partial charge in [0.05, 0.1) is 12.8 Å². The number of hydrogen-bond acceptors (Lipinski definition) is 2. The Labute approximate surface area is 174 Å². The number of rotatable bonds is 16. The Hall–Kier alpha value is -1.16. The smallest absolute Gasteiger partial charge is 0.221 e. The van der Waals surface area contributed by atoms with Gasteiger partial charge >= 0.3 is 0 Å². The second kappa shape index (κ2) is 14.8. The van der Waals surface area contributed by atoms with Gasteiger partial charge in [0, 0.05) is 20.3 Å². The maximum Gasteiger partial charge on any atom is 0.221 e. The first-order valence-corrected chi connectivity index (χ1v) is 11.9. The van der Waals surface area contributed by atoms with Gasteiger partial charge in [0.2, 0.25) is 5.91 Å². The molecule has 0 aromatic heterocycles. The first-order valence-electron chi connectivity index (χ1n) is 11.9. The van der Waals surface area contributed by atoms with E-state index in [4.69, 9.17) is 4.99 Å². The molecule has 0 aliphatic carbocycles. The van der Waals surface area contributed by atoms with Gasteiger partial charge < -0.3 is 5.32 Å². The molecule has 162 valence electrons. The van der Waals surface area contributed by atoms with Crippen LogP contribution < -0.4 is 5.32 Å². The molecule has 1 amide bonds. The lowest BCUT2D eigenvalue weighted by molar-refractivity contribution is -0.959. The lowest BCUT2D eigenvalue weighted by atomic mass is 10.1. The van der Waals surface area contributed by atoms with E-state index in [0.29, 0.717) is 6.17 Å². The van der Waals surface area contributed by atoms with Gasteiger partial charge in [0.25, 0.3) is 0 Å². The van der Waals surface area contributed by atoms with Crippen LogP contribution in [0, 0.1) is 0 Å². The second-order valence-corrected chi connectivity index (χ2v) is 8.46. The van der Waals surface area contributed by atoms with Crippen molar-refractivity contribution in [1.82, 2.24) is 5.32 Å². The van der Waals surface area contributed by atoms with E-state index in [1.807, 2.05) is 0 Å². The van der Waals surface area contributed by atoms with Crippen molar-refractivity contribution in [3.63, 3.8) is 0 Å². The SMILES string of the molecule is CCCCCC/C=C/CCCCCCCC1N=CC[N+]1(CC)C(C)NC(C)=O. The summed E-state index contributed by atoms with van der Waals surface area (Å²) in [4.78, 5) is 16.3. The Morgan fingerprint density at radius 1 is 1.07 bits per heavy atom. The van der Waals surface area contributed by atoms with Gasteiger partial charge in [0.15, 0.2) is 12.3 Å². The molecule has 1 heterocycles. The third-order valence-electron chi connectivity index (χ3n) is 6.29. The summed E-state index contributed by atoms with van der Waals surface area (Å²) >= 11 is 0. The summed E-state index contributed by atoms with van der Waals surface area (Å²) in [5.41, 5.74) is 0. The van der Waals surface area contributed by atoms with E-state index in [-0.39, 0.29) is 12.1 Å². The normalized spacial score (nSPS) is 22.8. The number of allylic oxidation sites excluding steroid dienone is 2. The van der Waals surface area contributed by atoms with Crippen molar-refractivity contribution >= 4 is 12.1 Å². The Balaban J connectivity index is 2.14. The number of nitrogens with zero attached hydrogens (tertiary/aromatic N) is 2. The molecule has 0 spiro atoms. The third kappa shape index (κ3) is 8.89. The zero-order valence-electron chi connectivity index (χ0n) is 19.1. The van der Waals surface area contributed by atoms with Gasteiger partial charge in [-0.2, -0.15) is 0 Å². The largest absolute Gasteiger partial charge is 0.307 e. The minimum absolute atomic E-state index is 0.0547. The predicted octanol–water partition coefficient (Wildman–Crippen LogP) is 5.97. The molecule has 3 atom stereocenters. The van der Waals surface area contributed by atoms with Crippen LogP contribution in [0.1, 0.15) is 105 Å². The number of carbonyl (C=O) groups is 1. The molecule has 0 bridgehead atoms. The van der Waals surface area contributed by atoms with Crippen molar-refractivity contribution in [2.24, 2.45) is 4.99 Å². The van der Waals surface area contributed by atoms with Crippen LogP contribution in [0.2, 0.25) is 0 Å². The minimum atomic E-state index is 0.0547. The molecule has 0 saturated heterocycles. The van der Waals surface area contributed by atoms with E-state index in [2.05, 4.69) is 44.5 Å². The first-order chi connectivity index (χ1) is 13.6. The number of aliphatic imine (C=N–C) groups is 1. The maximum atomic E-state index is 11.5. The molecule has 1 aliphatic rings. The Morgan fingerprint density at radius 2 is 1.68 bits per heavy atom. The second-order valence-electron chi connectivity index (χ2n) is 8.46. The molecule has 0 aromatic rings. The van der Waals surface area contributed by atoms with E-state index in [1.54, 1.807) is 6.92 Å². The Morgan fingerprint density at radius 3 is 2.29 bits per heavy atom. The maximum absolute atomic E-state index is 11.5. The van der Waals surface area contributed by atoms with Crippen LogP contribution >= 0.6 is 0 Å². The predicted molar refractivity (Wildman–Crippen MR) is 121 cm³/mol. The van der Waals surface area contributed by atoms with Gasteiger partial charge in [-0.15, -0.1) is 0 Å². The fourth-order valence-corrected chi connectivity index (χ4v) is 4.40. The van der Waals surface area contributed by atoms with E-state index < -0.39 is 0 Å². The van der Waals surface area contributed by atoms with E-state index >= 15 is 0 Å². The van der Waals surface area contributed by atoms with Gasteiger partial charge in [0.1, 0.15) is 6.54 Å². The van der Waals surface area contributed by atoms with Crippen LogP contribution in [0.3, 0.4) is 0 Å². The molecule has 4 nitrogen and oxygen atoms in total. The highest BCUT2D eigenvalue weighted by atomic mass is 16.1. The number of nitrogens with one attached hydrogen (secondary N) is 1. The molecule has 1 N–H and O–H groups in total. The molecular formula is C24H46N3O+. The van der Waals surface area contributed by atoms with Crippen molar-refractivity contribution in [3.8, 4) is 0 Å². The van der Waals surface area contributed by atoms with Crippen LogP contribution in [-0.4, -0.2) is 42.0 Å². The molecule has 1 rings (SSSR count). The van der Waals surface area contributed by atoms with Crippen molar-refractivity contribution in [1.29, 1.82) is 0 Å². The third-order valence-corrected chi connectivity index (χ3v) is 6.29. The summed E-state index contributed by atoms with van der Waals surface area (Å²) in [5.74, 6) is 0.0547. The number of carbonyl (C=O) groups excluding carboxylic acids is 1. The summed E-state index contributed by atoms with van der Waals surface area (Å²) in [6.45, 7) is 10.2. The number of unbranched alkanes of at least 4 members (excludes halogenated alkanes) is 9. The quantitative estimate of drug-likeness (QED) is 0.196. The molecular weight excluding hydrogens is 346 g/mol. The highest BCUT2D eigenvalue weighted by molar-refractivity contribution is 5.73. The first kappa shape index (κ1) is 24.9. The molecule has 0 aromatic carbocycles. The highest BCUT2D eigenvalue weighted by Gasteiger charge is 2.42. The average Bonchev–Trinajstić information content (AvgIpc) is 3.09. The fourth-order valence-electron chi connectivity index (χ4n) is 4.40. The van der Waals surface area contributed by atoms with Crippen LogP contribution in [0.5, 0.6) is 0 Å². The molecule has 0 fully saturated rings. The van der Waals surface area contributed by atoms with Gasteiger partial charge in [-0.05, 0) is 39.0 Å². The van der Waals surface area contributed by atoms with Crippen LogP contribution in [-0.2, 0) is 4.79 Å². The monoisotopic (exact) mass is 392 g/mol. The van der Waals surface area contributed by atoms with Gasteiger partial charge in [-0.1, -0.05) is 57.6 Å².